The fourth-order valence-electron chi connectivity index (χ4n) is 7.98. The molecule has 3 N–H and O–H groups in total. The normalized spacial score (nSPS) is 29.2. The van der Waals surface area contributed by atoms with Gasteiger partial charge in [0.25, 0.3) is 23.6 Å². The van der Waals surface area contributed by atoms with Crippen LogP contribution in [-0.2, 0) is 24.6 Å². The number of imide groups is 2. The van der Waals surface area contributed by atoms with Crippen LogP contribution >= 0.6 is 0 Å². The molecule has 2 aliphatic carbocycles. The van der Waals surface area contributed by atoms with Gasteiger partial charge < -0.3 is 9.84 Å². The Bertz CT molecular complexity index is 1740. The van der Waals surface area contributed by atoms with Gasteiger partial charge in [-0.05, 0) is 61.1 Å². The quantitative estimate of drug-likeness (QED) is 0.229. The number of hydrogen-bond donors (Lipinski definition) is 3. The summed E-state index contributed by atoms with van der Waals surface area (Å²) in [4.78, 5) is 55.6. The zero-order chi connectivity index (χ0) is 30.9. The Labute approximate surface area is 253 Å². The number of aromatic hydroxyl groups is 1. The van der Waals surface area contributed by atoms with Crippen molar-refractivity contribution in [1.82, 2.24) is 10.1 Å². The fraction of sp³-hybridized carbons (Fsp3) is 0.294. The van der Waals surface area contributed by atoms with Crippen LogP contribution in [0.3, 0.4) is 0 Å². The van der Waals surface area contributed by atoms with E-state index in [1.54, 1.807) is 24.3 Å². The summed E-state index contributed by atoms with van der Waals surface area (Å²) in [6, 6.07) is 21.3. The predicted octanol–water partition coefficient (Wildman–Crippen LogP) is 4.08. The standard InChI is InChI=1S/C34H31N3O7/c1-18-8-11-21(12-9-18)35-36-31(40)25-17-24-22(13-14-23-28(24)32(41)37(43)30(23)39)29(19-10-15-26(38)27(16-19)44-2)34(25,33(36)42)20-6-4-3-5-7-20/h3-13,15-16,23-25,28-29,35,38,43H,14,17H2,1-2H3. The Kier molecular flexibility index (Phi) is 6.36. The lowest BCUT2D eigenvalue weighted by atomic mass is 9.49. The van der Waals surface area contributed by atoms with Crippen molar-refractivity contribution in [3.8, 4) is 11.5 Å². The smallest absolute Gasteiger partial charge is 0.260 e. The number of carbonyl (C=O) groups excluding carboxylic acids is 4. The highest BCUT2D eigenvalue weighted by Crippen LogP contribution is 2.64. The summed E-state index contributed by atoms with van der Waals surface area (Å²) in [6.07, 6.45) is 2.22. The van der Waals surface area contributed by atoms with Crippen LogP contribution in [0.5, 0.6) is 11.5 Å². The van der Waals surface area contributed by atoms with Crippen molar-refractivity contribution in [2.45, 2.75) is 31.1 Å². The van der Waals surface area contributed by atoms with E-state index in [1.165, 1.54) is 13.2 Å². The second-order valence-corrected chi connectivity index (χ2v) is 12.0. The lowest BCUT2D eigenvalue weighted by Crippen LogP contribution is -2.53. The predicted molar refractivity (Wildman–Crippen MR) is 157 cm³/mol. The third kappa shape index (κ3) is 3.77. The van der Waals surface area contributed by atoms with E-state index in [9.17, 15) is 29.5 Å². The average Bonchev–Trinajstić information content (AvgIpc) is 3.39. The molecule has 4 aliphatic rings. The monoisotopic (exact) mass is 593 g/mol. The first-order valence-corrected chi connectivity index (χ1v) is 14.6. The molecule has 6 unspecified atom stereocenters. The van der Waals surface area contributed by atoms with Crippen LogP contribution < -0.4 is 10.2 Å². The maximum Gasteiger partial charge on any atom is 0.260 e. The van der Waals surface area contributed by atoms with E-state index in [0.29, 0.717) is 16.8 Å². The Hall–Kier alpha value is -4.96. The van der Waals surface area contributed by atoms with Gasteiger partial charge in [-0.25, -0.2) is 0 Å². The number of methoxy groups -OCH3 is 1. The van der Waals surface area contributed by atoms with E-state index in [4.69, 9.17) is 4.74 Å². The number of phenolic OH excluding ortho intramolecular Hbond substituents is 1. The highest BCUT2D eigenvalue weighted by atomic mass is 16.5. The van der Waals surface area contributed by atoms with Gasteiger partial charge in [0.05, 0.1) is 36.0 Å². The largest absolute Gasteiger partial charge is 0.504 e. The molecule has 7 rings (SSSR count). The van der Waals surface area contributed by atoms with Crippen LogP contribution in [0.2, 0.25) is 0 Å². The summed E-state index contributed by atoms with van der Waals surface area (Å²) >= 11 is 0. The lowest BCUT2D eigenvalue weighted by molar-refractivity contribution is -0.173. The number of nitrogens with one attached hydrogen (secondary N) is 1. The van der Waals surface area contributed by atoms with E-state index in [2.05, 4.69) is 5.43 Å². The molecule has 3 aromatic rings. The number of hydrazine groups is 1. The molecule has 224 valence electrons. The third-order valence-corrected chi connectivity index (χ3v) is 9.91. The first-order valence-electron chi connectivity index (χ1n) is 14.6. The topological polar surface area (TPSA) is 136 Å². The molecule has 0 aromatic heterocycles. The van der Waals surface area contributed by atoms with Gasteiger partial charge in [-0.1, -0.05) is 65.7 Å². The molecule has 0 bridgehead atoms. The molecule has 4 amide bonds. The summed E-state index contributed by atoms with van der Waals surface area (Å²) in [6.45, 7) is 1.94. The average molecular weight is 594 g/mol. The molecule has 0 radical (unpaired) electrons. The van der Waals surface area contributed by atoms with Crippen molar-refractivity contribution in [2.75, 3.05) is 12.5 Å². The zero-order valence-electron chi connectivity index (χ0n) is 24.1. The minimum absolute atomic E-state index is 0.0874. The van der Waals surface area contributed by atoms with Gasteiger partial charge in [-0.3, -0.25) is 29.8 Å². The van der Waals surface area contributed by atoms with E-state index in [0.717, 1.165) is 16.1 Å². The van der Waals surface area contributed by atoms with E-state index < -0.39 is 58.6 Å². The molecular weight excluding hydrogens is 562 g/mol. The van der Waals surface area contributed by atoms with Gasteiger partial charge >= 0.3 is 0 Å². The second-order valence-electron chi connectivity index (χ2n) is 12.0. The summed E-state index contributed by atoms with van der Waals surface area (Å²) in [7, 11) is 1.43. The molecule has 2 aliphatic heterocycles. The number of rotatable bonds is 5. The van der Waals surface area contributed by atoms with Crippen molar-refractivity contribution in [2.24, 2.45) is 23.7 Å². The van der Waals surface area contributed by atoms with Crippen molar-refractivity contribution >= 4 is 29.3 Å². The Morgan fingerprint density at radius 2 is 1.64 bits per heavy atom. The SMILES string of the molecule is COc1cc(C2C3=CCC4C(=O)N(O)C(=O)C4C3CC3C(=O)N(Nc4ccc(C)cc4)C(=O)C32c2ccccc2)ccc1O. The molecule has 1 saturated carbocycles. The molecule has 10 heteroatoms. The van der Waals surface area contributed by atoms with Crippen LogP contribution in [0.25, 0.3) is 0 Å². The van der Waals surface area contributed by atoms with Crippen LogP contribution in [0.15, 0.2) is 84.4 Å². The van der Waals surface area contributed by atoms with Crippen LogP contribution in [-0.4, -0.2) is 51.1 Å². The molecule has 44 heavy (non-hydrogen) atoms. The maximum atomic E-state index is 15.0. The van der Waals surface area contributed by atoms with E-state index in [1.807, 2.05) is 55.5 Å². The summed E-state index contributed by atoms with van der Waals surface area (Å²) in [5.41, 5.74) is 5.19. The number of benzene rings is 3. The number of amides is 4. The second kappa shape index (κ2) is 10.1. The van der Waals surface area contributed by atoms with Gasteiger partial charge in [-0.15, -0.1) is 0 Å². The molecule has 2 heterocycles. The van der Waals surface area contributed by atoms with Gasteiger partial charge in [-0.2, -0.15) is 10.1 Å². The van der Waals surface area contributed by atoms with E-state index >= 15 is 0 Å². The summed E-state index contributed by atoms with van der Waals surface area (Å²) < 4.78 is 5.45. The van der Waals surface area contributed by atoms with Gasteiger partial charge in [0.15, 0.2) is 11.5 Å². The van der Waals surface area contributed by atoms with Crippen molar-refractivity contribution in [1.29, 1.82) is 0 Å². The molecule has 6 atom stereocenters. The first-order chi connectivity index (χ1) is 21.2. The maximum absolute atomic E-state index is 15.0. The molecule has 2 saturated heterocycles. The molecule has 3 fully saturated rings. The van der Waals surface area contributed by atoms with Gasteiger partial charge in [0.2, 0.25) is 0 Å². The van der Waals surface area contributed by atoms with Crippen molar-refractivity contribution in [3.63, 3.8) is 0 Å². The highest BCUT2D eigenvalue weighted by Gasteiger charge is 2.70. The van der Waals surface area contributed by atoms with Gasteiger partial charge in [0, 0.05) is 5.92 Å². The number of allylic oxidation sites excluding steroid dienone is 2. The number of hydrogen-bond acceptors (Lipinski definition) is 8. The molecule has 0 spiro atoms. The minimum Gasteiger partial charge on any atom is -0.504 e. The van der Waals surface area contributed by atoms with Gasteiger partial charge in [0.1, 0.15) is 0 Å². The minimum atomic E-state index is -1.43. The number of fused-ring (bicyclic) bond motifs is 4. The number of ether oxygens (including phenoxy) is 1. The molecular formula is C34H31N3O7. The van der Waals surface area contributed by atoms with E-state index in [-0.39, 0.29) is 29.4 Å². The van der Waals surface area contributed by atoms with Crippen molar-refractivity contribution < 1.29 is 34.2 Å². The van der Waals surface area contributed by atoms with Crippen LogP contribution in [0, 0.1) is 30.6 Å². The first kappa shape index (κ1) is 27.8. The van der Waals surface area contributed by atoms with Crippen LogP contribution in [0.4, 0.5) is 5.69 Å². The number of aryl methyl sites for hydroxylation is 1. The summed E-state index contributed by atoms with van der Waals surface area (Å²) in [5, 5.41) is 22.1. The molecule has 3 aromatic carbocycles. The number of anilines is 1. The number of carbonyl (C=O) groups is 4. The summed E-state index contributed by atoms with van der Waals surface area (Å²) in [5.74, 6) is -6.05. The molecule has 10 nitrogen and oxygen atoms in total. The number of hydroxylamine groups is 2. The highest BCUT2D eigenvalue weighted by molar-refractivity contribution is 6.13. The lowest BCUT2D eigenvalue weighted by Gasteiger charge is -2.50. The third-order valence-electron chi connectivity index (χ3n) is 9.91. The Balaban J connectivity index is 1.47. The van der Waals surface area contributed by atoms with Crippen molar-refractivity contribution in [3.05, 3.63) is 101 Å². The fourth-order valence-corrected chi connectivity index (χ4v) is 7.98. The van der Waals surface area contributed by atoms with Crippen LogP contribution in [0.1, 0.15) is 35.4 Å². The zero-order valence-corrected chi connectivity index (χ0v) is 24.1. The Morgan fingerprint density at radius 3 is 2.34 bits per heavy atom. The number of phenols is 1. The number of nitrogens with zero attached hydrogens (tertiary/aromatic N) is 2. The Morgan fingerprint density at radius 1 is 0.909 bits per heavy atom.